The number of hydrogen-bond acceptors (Lipinski definition) is 3. The first-order valence-corrected chi connectivity index (χ1v) is 6.16. The van der Waals surface area contributed by atoms with Crippen molar-refractivity contribution >= 4 is 28.9 Å². The summed E-state index contributed by atoms with van der Waals surface area (Å²) >= 11 is 5.80. The zero-order valence-electron chi connectivity index (χ0n) is 10.4. The summed E-state index contributed by atoms with van der Waals surface area (Å²) in [6.07, 6.45) is 0. The van der Waals surface area contributed by atoms with Gasteiger partial charge in [0.15, 0.2) is 6.61 Å². The highest BCUT2D eigenvalue weighted by Crippen LogP contribution is 2.25. The number of amides is 1. The Balaban J connectivity index is 1.96. The van der Waals surface area contributed by atoms with Crippen LogP contribution in [-0.4, -0.2) is 12.5 Å². The highest BCUT2D eigenvalue weighted by Gasteiger charge is 2.08. The van der Waals surface area contributed by atoms with Gasteiger partial charge >= 0.3 is 0 Å². The molecule has 0 atom stereocenters. The van der Waals surface area contributed by atoms with Crippen molar-refractivity contribution in [2.24, 2.45) is 0 Å². The van der Waals surface area contributed by atoms with Crippen LogP contribution in [0.3, 0.4) is 0 Å². The lowest BCUT2D eigenvalue weighted by molar-refractivity contribution is -0.118. The van der Waals surface area contributed by atoms with E-state index in [1.165, 1.54) is 24.3 Å². The van der Waals surface area contributed by atoms with E-state index in [9.17, 15) is 9.18 Å². The Kier molecular flexibility index (Phi) is 4.42. The van der Waals surface area contributed by atoms with Crippen LogP contribution >= 0.6 is 11.6 Å². The molecule has 0 aliphatic heterocycles. The number of carbonyl (C=O) groups is 1. The van der Waals surface area contributed by atoms with Crippen LogP contribution in [0.1, 0.15) is 0 Å². The van der Waals surface area contributed by atoms with Crippen LogP contribution in [0.2, 0.25) is 5.02 Å². The molecule has 0 saturated carbocycles. The number of nitrogens with two attached hydrogens (primary N) is 1. The fraction of sp³-hybridized carbons (Fsp3) is 0.0714. The molecule has 0 fully saturated rings. The molecular weight excluding hydrogens is 283 g/mol. The number of anilines is 2. The summed E-state index contributed by atoms with van der Waals surface area (Å²) in [5, 5.41) is 2.85. The van der Waals surface area contributed by atoms with Crippen LogP contribution in [0.5, 0.6) is 5.75 Å². The molecule has 2 aromatic rings. The van der Waals surface area contributed by atoms with Gasteiger partial charge in [0.25, 0.3) is 5.91 Å². The summed E-state index contributed by atoms with van der Waals surface area (Å²) in [6.45, 7) is -0.293. The number of nitrogens with one attached hydrogen (secondary N) is 1. The number of nitrogen functional groups attached to an aromatic ring is 1. The first-order chi connectivity index (χ1) is 9.56. The second-order valence-electron chi connectivity index (χ2n) is 4.00. The molecule has 6 heteroatoms. The van der Waals surface area contributed by atoms with E-state index >= 15 is 0 Å². The maximum absolute atomic E-state index is 13.3. The van der Waals surface area contributed by atoms with Gasteiger partial charge in [0.05, 0.1) is 11.4 Å². The lowest BCUT2D eigenvalue weighted by Gasteiger charge is -2.10. The zero-order valence-corrected chi connectivity index (χ0v) is 11.2. The van der Waals surface area contributed by atoms with Crippen LogP contribution in [0.15, 0.2) is 42.5 Å². The van der Waals surface area contributed by atoms with E-state index in [0.29, 0.717) is 16.5 Å². The summed E-state index contributed by atoms with van der Waals surface area (Å²) in [4.78, 5) is 11.7. The van der Waals surface area contributed by atoms with E-state index in [1.807, 2.05) is 0 Å². The van der Waals surface area contributed by atoms with E-state index in [4.69, 9.17) is 22.1 Å². The summed E-state index contributed by atoms with van der Waals surface area (Å²) in [5.74, 6) is -0.696. The van der Waals surface area contributed by atoms with Gasteiger partial charge in [0.2, 0.25) is 0 Å². The van der Waals surface area contributed by atoms with Crippen LogP contribution in [0, 0.1) is 5.82 Å². The van der Waals surface area contributed by atoms with Gasteiger partial charge in [-0.15, -0.1) is 0 Å². The molecule has 0 spiro atoms. The highest BCUT2D eigenvalue weighted by molar-refractivity contribution is 6.30. The van der Waals surface area contributed by atoms with Crippen LogP contribution in [0.25, 0.3) is 0 Å². The molecule has 20 heavy (non-hydrogen) atoms. The van der Waals surface area contributed by atoms with Gasteiger partial charge < -0.3 is 15.8 Å². The maximum atomic E-state index is 13.3. The molecular formula is C14H12ClFN2O2. The fourth-order valence-corrected chi connectivity index (χ4v) is 1.69. The van der Waals surface area contributed by atoms with Gasteiger partial charge in [0.1, 0.15) is 11.6 Å². The second kappa shape index (κ2) is 6.25. The lowest BCUT2D eigenvalue weighted by atomic mass is 10.3. The number of benzene rings is 2. The van der Waals surface area contributed by atoms with Crippen molar-refractivity contribution in [3.63, 3.8) is 0 Å². The highest BCUT2D eigenvalue weighted by atomic mass is 35.5. The van der Waals surface area contributed by atoms with E-state index in [2.05, 4.69) is 5.32 Å². The van der Waals surface area contributed by atoms with E-state index in [-0.39, 0.29) is 12.3 Å². The molecule has 0 unspecified atom stereocenters. The van der Waals surface area contributed by atoms with Crippen molar-refractivity contribution in [3.8, 4) is 5.75 Å². The predicted octanol–water partition coefficient (Wildman–Crippen LogP) is 3.08. The number of halogens is 2. The van der Waals surface area contributed by atoms with Crippen LogP contribution < -0.4 is 15.8 Å². The normalized spacial score (nSPS) is 10.1. The minimum absolute atomic E-state index is 0.0974. The molecule has 0 aliphatic rings. The zero-order chi connectivity index (χ0) is 14.5. The first kappa shape index (κ1) is 14.1. The largest absolute Gasteiger partial charge is 0.482 e. The van der Waals surface area contributed by atoms with E-state index in [0.717, 1.165) is 0 Å². The van der Waals surface area contributed by atoms with Crippen molar-refractivity contribution in [3.05, 3.63) is 53.3 Å². The second-order valence-corrected chi connectivity index (χ2v) is 4.44. The summed E-state index contributed by atoms with van der Waals surface area (Å²) < 4.78 is 18.6. The standard InChI is InChI=1S/C14H12ClFN2O2/c15-9-5-6-11(17)13(7-9)20-8-14(19)18-12-4-2-1-3-10(12)16/h1-7H,8,17H2,(H,18,19). The fourth-order valence-electron chi connectivity index (χ4n) is 1.53. The van der Waals surface area contributed by atoms with Gasteiger partial charge in [-0.25, -0.2) is 4.39 Å². The Hall–Kier alpha value is -2.27. The number of ether oxygens (including phenoxy) is 1. The SMILES string of the molecule is Nc1ccc(Cl)cc1OCC(=O)Nc1ccccc1F. The third kappa shape index (κ3) is 3.61. The molecule has 104 valence electrons. The smallest absolute Gasteiger partial charge is 0.262 e. The summed E-state index contributed by atoms with van der Waals surface area (Å²) in [5.41, 5.74) is 6.14. The average molecular weight is 295 g/mol. The van der Waals surface area contributed by atoms with Crippen molar-refractivity contribution in [2.45, 2.75) is 0 Å². The lowest BCUT2D eigenvalue weighted by Crippen LogP contribution is -2.21. The molecule has 0 aliphatic carbocycles. The average Bonchev–Trinajstić information content (AvgIpc) is 2.42. The Labute approximate surface area is 120 Å². The Morgan fingerprint density at radius 3 is 2.80 bits per heavy atom. The molecule has 0 radical (unpaired) electrons. The Morgan fingerprint density at radius 1 is 1.30 bits per heavy atom. The predicted molar refractivity (Wildman–Crippen MR) is 76.4 cm³/mol. The molecule has 1 amide bonds. The van der Waals surface area contributed by atoms with Crippen molar-refractivity contribution < 1.29 is 13.9 Å². The monoisotopic (exact) mass is 294 g/mol. The molecule has 2 rings (SSSR count). The number of carbonyl (C=O) groups excluding carboxylic acids is 1. The molecule has 3 N–H and O–H groups in total. The Bertz CT molecular complexity index is 634. The van der Waals surface area contributed by atoms with Crippen molar-refractivity contribution in [2.75, 3.05) is 17.7 Å². The molecule has 2 aromatic carbocycles. The summed E-state index contributed by atoms with van der Waals surface area (Å²) in [6, 6.07) is 10.6. The molecule has 0 aromatic heterocycles. The summed E-state index contributed by atoms with van der Waals surface area (Å²) in [7, 11) is 0. The van der Waals surface area contributed by atoms with E-state index < -0.39 is 11.7 Å². The van der Waals surface area contributed by atoms with Crippen molar-refractivity contribution in [1.29, 1.82) is 0 Å². The van der Waals surface area contributed by atoms with Gasteiger partial charge in [-0.2, -0.15) is 0 Å². The number of hydrogen-bond donors (Lipinski definition) is 2. The van der Waals surface area contributed by atoms with Crippen molar-refractivity contribution in [1.82, 2.24) is 0 Å². The third-order valence-corrected chi connectivity index (χ3v) is 2.72. The van der Waals surface area contributed by atoms with Crippen LogP contribution in [0.4, 0.5) is 15.8 Å². The van der Waals surface area contributed by atoms with Gasteiger partial charge in [-0.05, 0) is 24.3 Å². The number of para-hydroxylation sites is 1. The minimum Gasteiger partial charge on any atom is -0.482 e. The molecule has 0 bridgehead atoms. The van der Waals surface area contributed by atoms with Gasteiger partial charge in [0, 0.05) is 11.1 Å². The topological polar surface area (TPSA) is 64.3 Å². The maximum Gasteiger partial charge on any atom is 0.262 e. The third-order valence-electron chi connectivity index (χ3n) is 2.48. The first-order valence-electron chi connectivity index (χ1n) is 5.78. The number of rotatable bonds is 4. The van der Waals surface area contributed by atoms with Gasteiger partial charge in [-0.1, -0.05) is 23.7 Å². The van der Waals surface area contributed by atoms with E-state index in [1.54, 1.807) is 18.2 Å². The minimum atomic E-state index is -0.511. The quantitative estimate of drug-likeness (QED) is 0.852. The molecule has 4 nitrogen and oxygen atoms in total. The molecule has 0 saturated heterocycles. The Morgan fingerprint density at radius 2 is 2.05 bits per heavy atom. The van der Waals surface area contributed by atoms with Gasteiger partial charge in [-0.3, -0.25) is 4.79 Å². The van der Waals surface area contributed by atoms with Crippen LogP contribution in [-0.2, 0) is 4.79 Å². The molecule has 0 heterocycles.